The number of nitrogens with two attached hydrogens (primary N) is 1. The smallest absolute Gasteiger partial charge is 0.255 e. The fourth-order valence-electron chi connectivity index (χ4n) is 4.45. The normalized spacial score (nSPS) is 26.4. The molecule has 9 nitrogen and oxygen atoms in total. The highest BCUT2D eigenvalue weighted by Crippen LogP contribution is 2.50. The Morgan fingerprint density at radius 3 is 2.48 bits per heavy atom. The molecule has 0 radical (unpaired) electrons. The molecule has 2 aliphatic carbocycles. The average molecular weight is 399 g/mol. The summed E-state index contributed by atoms with van der Waals surface area (Å²) in [5, 5.41) is 53.3. The number of primary amides is 1. The Labute approximate surface area is 163 Å². The summed E-state index contributed by atoms with van der Waals surface area (Å²) in [6.45, 7) is 1.62. The lowest BCUT2D eigenvalue weighted by atomic mass is 9.62. The van der Waals surface area contributed by atoms with Crippen LogP contribution in [0.2, 0.25) is 0 Å². The molecule has 9 heteroatoms. The van der Waals surface area contributed by atoms with Crippen molar-refractivity contribution in [3.8, 4) is 11.5 Å². The monoisotopic (exact) mass is 399 g/mol. The van der Waals surface area contributed by atoms with Crippen LogP contribution in [0.3, 0.4) is 0 Å². The van der Waals surface area contributed by atoms with E-state index in [1.165, 1.54) is 6.07 Å². The summed E-state index contributed by atoms with van der Waals surface area (Å²) in [6.07, 6.45) is -2.23. The standard InChI is InChI=1S/C20H17NO8/c1-6-7-3-2-4-10(22)11(7)15(24)12-8(6)5-9-14(23)16(25)13(19(21)28)18(27)20(9,29)17(12)26/h2-4,9,14,22-24,27,29H,5H2,1H3,(H2,21,28)/t9-,14+,20-/m0/s1. The Morgan fingerprint density at radius 2 is 1.86 bits per heavy atom. The number of hydrogen-bond donors (Lipinski definition) is 6. The van der Waals surface area contributed by atoms with Gasteiger partial charge in [-0.3, -0.25) is 14.4 Å². The summed E-state index contributed by atoms with van der Waals surface area (Å²) >= 11 is 0. The molecule has 2 aromatic rings. The van der Waals surface area contributed by atoms with Gasteiger partial charge in [-0.05, 0) is 35.9 Å². The van der Waals surface area contributed by atoms with Crippen molar-refractivity contribution in [2.45, 2.75) is 25.0 Å². The highest BCUT2D eigenvalue weighted by atomic mass is 16.4. The number of ketones is 2. The second-order valence-corrected chi connectivity index (χ2v) is 7.33. The minimum Gasteiger partial charge on any atom is -0.508 e. The zero-order valence-electron chi connectivity index (χ0n) is 15.1. The van der Waals surface area contributed by atoms with Crippen molar-refractivity contribution < 1.29 is 39.9 Å². The Bertz CT molecular complexity index is 1180. The van der Waals surface area contributed by atoms with Crippen molar-refractivity contribution in [2.75, 3.05) is 0 Å². The lowest BCUT2D eigenvalue weighted by Crippen LogP contribution is -2.61. The first kappa shape index (κ1) is 18.9. The molecule has 3 atom stereocenters. The number of benzene rings is 2. The van der Waals surface area contributed by atoms with E-state index < -0.39 is 52.2 Å². The van der Waals surface area contributed by atoms with Crippen LogP contribution in [0.15, 0.2) is 29.5 Å². The molecule has 2 aromatic carbocycles. The number of amides is 1. The zero-order valence-corrected chi connectivity index (χ0v) is 15.1. The van der Waals surface area contributed by atoms with E-state index in [1.54, 1.807) is 19.1 Å². The van der Waals surface area contributed by atoms with Crippen LogP contribution in [0.25, 0.3) is 10.8 Å². The molecule has 7 N–H and O–H groups in total. The number of carbonyl (C=O) groups excluding carboxylic acids is 3. The van der Waals surface area contributed by atoms with Crippen molar-refractivity contribution in [3.05, 3.63) is 46.2 Å². The van der Waals surface area contributed by atoms with E-state index in [1.807, 2.05) is 0 Å². The number of fused-ring (bicyclic) bond motifs is 3. The highest BCUT2D eigenvalue weighted by Gasteiger charge is 2.61. The maximum absolute atomic E-state index is 13.3. The third-order valence-electron chi connectivity index (χ3n) is 5.95. The van der Waals surface area contributed by atoms with Crippen molar-refractivity contribution >= 4 is 28.2 Å². The number of hydrogen-bond acceptors (Lipinski definition) is 8. The van der Waals surface area contributed by atoms with Gasteiger partial charge in [-0.2, -0.15) is 0 Å². The van der Waals surface area contributed by atoms with Gasteiger partial charge in [0.2, 0.25) is 11.6 Å². The Morgan fingerprint density at radius 1 is 1.21 bits per heavy atom. The molecular weight excluding hydrogens is 382 g/mol. The van der Waals surface area contributed by atoms with Gasteiger partial charge < -0.3 is 31.3 Å². The van der Waals surface area contributed by atoms with Crippen LogP contribution in [-0.4, -0.2) is 54.7 Å². The van der Waals surface area contributed by atoms with E-state index in [9.17, 15) is 39.9 Å². The molecule has 0 unspecified atom stereocenters. The lowest BCUT2D eigenvalue weighted by Gasteiger charge is -2.44. The second kappa shape index (κ2) is 5.79. The highest BCUT2D eigenvalue weighted by molar-refractivity contribution is 6.24. The summed E-state index contributed by atoms with van der Waals surface area (Å²) in [7, 11) is 0. The zero-order chi connectivity index (χ0) is 21.4. The Kier molecular flexibility index (Phi) is 3.77. The van der Waals surface area contributed by atoms with E-state index in [0.717, 1.165) is 0 Å². The van der Waals surface area contributed by atoms with Gasteiger partial charge in [-0.25, -0.2) is 0 Å². The summed E-state index contributed by atoms with van der Waals surface area (Å²) < 4.78 is 0. The fourth-order valence-corrected chi connectivity index (χ4v) is 4.45. The van der Waals surface area contributed by atoms with Gasteiger partial charge in [-0.1, -0.05) is 12.1 Å². The van der Waals surface area contributed by atoms with E-state index >= 15 is 0 Å². The number of rotatable bonds is 1. The van der Waals surface area contributed by atoms with E-state index in [4.69, 9.17) is 5.73 Å². The molecule has 1 amide bonds. The molecule has 0 fully saturated rings. The first-order valence-electron chi connectivity index (χ1n) is 8.72. The number of phenols is 2. The van der Waals surface area contributed by atoms with Crippen LogP contribution in [0.1, 0.15) is 21.5 Å². The molecule has 0 bridgehead atoms. The van der Waals surface area contributed by atoms with E-state index in [2.05, 4.69) is 0 Å². The van der Waals surface area contributed by atoms with E-state index in [-0.39, 0.29) is 28.7 Å². The number of aromatic hydroxyl groups is 2. The molecule has 29 heavy (non-hydrogen) atoms. The number of phenolic OH excluding ortho intramolecular Hbond substituents is 2. The van der Waals surface area contributed by atoms with Gasteiger partial charge in [-0.15, -0.1) is 0 Å². The average Bonchev–Trinajstić information content (AvgIpc) is 2.66. The predicted molar refractivity (Wildman–Crippen MR) is 98.4 cm³/mol. The number of aliphatic hydroxyl groups excluding tert-OH is 2. The molecule has 4 rings (SSSR count). The van der Waals surface area contributed by atoms with Crippen molar-refractivity contribution in [1.82, 2.24) is 0 Å². The third-order valence-corrected chi connectivity index (χ3v) is 5.95. The van der Waals surface area contributed by atoms with Crippen molar-refractivity contribution in [3.63, 3.8) is 0 Å². The Balaban J connectivity index is 2.10. The number of carbonyl (C=O) groups is 3. The third kappa shape index (κ3) is 2.13. The second-order valence-electron chi connectivity index (χ2n) is 7.33. The van der Waals surface area contributed by atoms with Crippen LogP contribution in [0.4, 0.5) is 0 Å². The van der Waals surface area contributed by atoms with Crippen LogP contribution in [-0.2, 0) is 16.0 Å². The molecule has 0 saturated carbocycles. The molecule has 0 heterocycles. The van der Waals surface area contributed by atoms with Crippen molar-refractivity contribution in [1.29, 1.82) is 0 Å². The van der Waals surface area contributed by atoms with Crippen LogP contribution >= 0.6 is 0 Å². The molecule has 0 saturated heterocycles. The quantitative estimate of drug-likeness (QED) is 0.359. The maximum Gasteiger partial charge on any atom is 0.255 e. The number of aryl methyl sites for hydroxylation is 1. The van der Waals surface area contributed by atoms with Gasteiger partial charge in [0.1, 0.15) is 28.9 Å². The van der Waals surface area contributed by atoms with Gasteiger partial charge in [0.25, 0.3) is 5.91 Å². The SMILES string of the molecule is Cc1c2c(c(O)c3c(O)cccc13)C(=O)[C@]1(O)C(O)=C(C(N)=O)C(=O)[C@H](O)[C@@H]1C2. The minimum atomic E-state index is -2.84. The first-order valence-corrected chi connectivity index (χ1v) is 8.72. The van der Waals surface area contributed by atoms with Gasteiger partial charge in [0.05, 0.1) is 10.9 Å². The molecule has 0 spiro atoms. The summed E-state index contributed by atoms with van der Waals surface area (Å²) in [5.74, 6) is -7.48. The molecule has 0 aromatic heterocycles. The Hall–Kier alpha value is -3.43. The fraction of sp³-hybridized carbons (Fsp3) is 0.250. The predicted octanol–water partition coefficient (Wildman–Crippen LogP) is -0.113. The van der Waals surface area contributed by atoms with Crippen LogP contribution in [0, 0.1) is 12.8 Å². The maximum atomic E-state index is 13.3. The minimum absolute atomic E-state index is 0.0230. The van der Waals surface area contributed by atoms with Crippen LogP contribution in [0.5, 0.6) is 11.5 Å². The largest absolute Gasteiger partial charge is 0.508 e. The summed E-state index contributed by atoms with van der Waals surface area (Å²) in [4.78, 5) is 37.2. The topological polar surface area (TPSA) is 178 Å². The number of Topliss-reactive ketones (excluding diaryl/α,β-unsaturated/α-hetero) is 2. The first-order chi connectivity index (χ1) is 13.5. The molecule has 2 aliphatic rings. The van der Waals surface area contributed by atoms with Crippen molar-refractivity contribution in [2.24, 2.45) is 11.7 Å². The van der Waals surface area contributed by atoms with Crippen LogP contribution < -0.4 is 5.73 Å². The van der Waals surface area contributed by atoms with E-state index in [0.29, 0.717) is 10.9 Å². The van der Waals surface area contributed by atoms with Gasteiger partial charge >= 0.3 is 0 Å². The molecular formula is C20H17NO8. The summed E-state index contributed by atoms with van der Waals surface area (Å²) in [6, 6.07) is 4.47. The number of aliphatic hydroxyl groups is 3. The molecule has 0 aliphatic heterocycles. The van der Waals surface area contributed by atoms with Gasteiger partial charge in [0, 0.05) is 5.92 Å². The lowest BCUT2D eigenvalue weighted by molar-refractivity contribution is -0.138. The van der Waals surface area contributed by atoms with Gasteiger partial charge in [0.15, 0.2) is 5.60 Å². The summed E-state index contributed by atoms with van der Waals surface area (Å²) in [5.41, 5.74) is 1.56. The molecule has 150 valence electrons.